The molecule has 0 spiro atoms. The van der Waals surface area contributed by atoms with Crippen LogP contribution in [0.5, 0.6) is 0 Å². The van der Waals surface area contributed by atoms with Gasteiger partial charge in [-0.3, -0.25) is 9.74 Å². The fourth-order valence-electron chi connectivity index (χ4n) is 1.68. The third kappa shape index (κ3) is 3.90. The van der Waals surface area contributed by atoms with Gasteiger partial charge < -0.3 is 0 Å². The molecule has 0 aliphatic heterocycles. The van der Waals surface area contributed by atoms with Crippen molar-refractivity contribution in [2.75, 3.05) is 19.1 Å². The van der Waals surface area contributed by atoms with Gasteiger partial charge in [0.15, 0.2) is 0 Å². The van der Waals surface area contributed by atoms with Gasteiger partial charge in [0.1, 0.15) is 6.34 Å². The quantitative estimate of drug-likeness (QED) is 0.490. The molecule has 2 aromatic rings. The molecule has 5 nitrogen and oxygen atoms in total. The average Bonchev–Trinajstić information content (AvgIpc) is 2.56. The minimum atomic E-state index is -0.330. The van der Waals surface area contributed by atoms with Gasteiger partial charge in [0.2, 0.25) is 0 Å². The van der Waals surface area contributed by atoms with E-state index in [0.29, 0.717) is 5.69 Å². The molecule has 0 radical (unpaired) electrons. The highest BCUT2D eigenvalue weighted by atomic mass is 16.7. The summed E-state index contributed by atoms with van der Waals surface area (Å²) < 4.78 is 0. The zero-order valence-electron chi connectivity index (χ0n) is 12.0. The maximum absolute atomic E-state index is 12.3. The maximum Gasteiger partial charge on any atom is 0.353 e. The van der Waals surface area contributed by atoms with Gasteiger partial charge in [0.05, 0.1) is 18.5 Å². The highest BCUT2D eigenvalue weighted by molar-refractivity contribution is 6.07. The largest absolute Gasteiger partial charge is 0.353 e. The van der Waals surface area contributed by atoms with E-state index < -0.39 is 0 Å². The Morgan fingerprint density at radius 2 is 1.62 bits per heavy atom. The molecule has 0 atom stereocenters. The van der Waals surface area contributed by atoms with Crippen LogP contribution in [0.1, 0.15) is 0 Å². The van der Waals surface area contributed by atoms with Gasteiger partial charge >= 0.3 is 6.03 Å². The van der Waals surface area contributed by atoms with Gasteiger partial charge in [-0.2, -0.15) is 0 Å². The van der Waals surface area contributed by atoms with E-state index in [1.165, 1.54) is 18.3 Å². The van der Waals surface area contributed by atoms with Crippen LogP contribution in [0.25, 0.3) is 0 Å². The predicted molar refractivity (Wildman–Crippen MR) is 83.7 cm³/mol. The molecule has 5 heteroatoms. The van der Waals surface area contributed by atoms with Crippen molar-refractivity contribution in [3.8, 4) is 0 Å². The van der Waals surface area contributed by atoms with E-state index in [0.717, 1.165) is 10.8 Å². The Bertz CT molecular complexity index is 599. The molecular formula is C16H17N3O2. The van der Waals surface area contributed by atoms with E-state index in [1.54, 1.807) is 7.05 Å². The van der Waals surface area contributed by atoms with Gasteiger partial charge in [-0.25, -0.2) is 14.9 Å². The summed E-state index contributed by atoms with van der Waals surface area (Å²) in [5.41, 5.74) is 1.48. The number of amides is 2. The van der Waals surface area contributed by atoms with Crippen LogP contribution in [0, 0.1) is 0 Å². The molecule has 2 aromatic carbocycles. The van der Waals surface area contributed by atoms with E-state index in [2.05, 4.69) is 4.99 Å². The molecule has 0 bridgehead atoms. The van der Waals surface area contributed by atoms with E-state index in [1.807, 2.05) is 60.7 Å². The second kappa shape index (κ2) is 7.21. The monoisotopic (exact) mass is 283 g/mol. The van der Waals surface area contributed by atoms with Crippen molar-refractivity contribution in [1.29, 1.82) is 0 Å². The van der Waals surface area contributed by atoms with Gasteiger partial charge in [-0.05, 0) is 24.3 Å². The first-order valence-corrected chi connectivity index (χ1v) is 6.47. The number of hydroxylamine groups is 2. The number of hydrogen-bond acceptors (Lipinski definition) is 3. The van der Waals surface area contributed by atoms with E-state index >= 15 is 0 Å². The molecule has 108 valence electrons. The molecule has 2 amide bonds. The number of anilines is 1. The molecule has 0 aliphatic carbocycles. The molecule has 0 heterocycles. The summed E-state index contributed by atoms with van der Waals surface area (Å²) in [6.45, 7) is 0. The lowest BCUT2D eigenvalue weighted by Crippen LogP contribution is -2.39. The lowest BCUT2D eigenvalue weighted by Gasteiger charge is -2.23. The first kappa shape index (κ1) is 14.7. The molecule has 0 aliphatic rings. The maximum atomic E-state index is 12.3. The lowest BCUT2D eigenvalue weighted by molar-refractivity contribution is -0.0612. The Kier molecular flexibility index (Phi) is 5.06. The Balaban J connectivity index is 2.28. The number of para-hydroxylation sites is 2. The minimum Gasteiger partial charge on any atom is -0.273 e. The van der Waals surface area contributed by atoms with Crippen molar-refractivity contribution in [3.05, 3.63) is 60.7 Å². The van der Waals surface area contributed by atoms with Crippen LogP contribution in [0.4, 0.5) is 16.2 Å². The van der Waals surface area contributed by atoms with Crippen molar-refractivity contribution in [2.24, 2.45) is 4.99 Å². The highest BCUT2D eigenvalue weighted by Gasteiger charge is 2.18. The lowest BCUT2D eigenvalue weighted by atomic mass is 10.3. The third-order valence-corrected chi connectivity index (χ3v) is 2.86. The van der Waals surface area contributed by atoms with Gasteiger partial charge in [0.25, 0.3) is 0 Å². The average molecular weight is 283 g/mol. The SMILES string of the molecule is CON(C)C(=O)N(C=Nc1ccccc1)c1ccccc1. The van der Waals surface area contributed by atoms with Crippen molar-refractivity contribution in [1.82, 2.24) is 5.06 Å². The second-order valence-corrected chi connectivity index (χ2v) is 4.25. The summed E-state index contributed by atoms with van der Waals surface area (Å²) in [6, 6.07) is 18.4. The van der Waals surface area contributed by atoms with Gasteiger partial charge in [-0.1, -0.05) is 36.4 Å². The number of aliphatic imine (C=N–C) groups is 1. The Hall–Kier alpha value is -2.66. The first-order valence-electron chi connectivity index (χ1n) is 6.47. The number of nitrogens with zero attached hydrogens (tertiary/aromatic N) is 3. The summed E-state index contributed by atoms with van der Waals surface area (Å²) in [5, 5.41) is 1.14. The molecular weight excluding hydrogens is 266 g/mol. The topological polar surface area (TPSA) is 45.1 Å². The molecule has 0 aromatic heterocycles. The summed E-state index contributed by atoms with van der Waals surface area (Å²) >= 11 is 0. The zero-order valence-corrected chi connectivity index (χ0v) is 12.0. The van der Waals surface area contributed by atoms with Crippen LogP contribution >= 0.6 is 0 Å². The van der Waals surface area contributed by atoms with Crippen molar-refractivity contribution >= 4 is 23.7 Å². The van der Waals surface area contributed by atoms with E-state index in [-0.39, 0.29) is 6.03 Å². The zero-order chi connectivity index (χ0) is 15.1. The first-order chi connectivity index (χ1) is 10.2. The van der Waals surface area contributed by atoms with Crippen LogP contribution in [-0.4, -0.2) is 31.6 Å². The Labute approximate surface area is 124 Å². The number of hydrogen-bond donors (Lipinski definition) is 0. The van der Waals surface area contributed by atoms with Crippen LogP contribution < -0.4 is 4.90 Å². The van der Waals surface area contributed by atoms with Gasteiger partial charge in [0, 0.05) is 7.05 Å². The van der Waals surface area contributed by atoms with Crippen LogP contribution in [0.3, 0.4) is 0 Å². The normalized spacial score (nSPS) is 10.6. The fraction of sp³-hybridized carbons (Fsp3) is 0.125. The fourth-order valence-corrected chi connectivity index (χ4v) is 1.68. The predicted octanol–water partition coefficient (Wildman–Crippen LogP) is 3.47. The molecule has 0 N–H and O–H groups in total. The number of benzene rings is 2. The van der Waals surface area contributed by atoms with E-state index in [9.17, 15) is 4.79 Å². The second-order valence-electron chi connectivity index (χ2n) is 4.25. The molecule has 0 saturated carbocycles. The Morgan fingerprint density at radius 1 is 1.05 bits per heavy atom. The van der Waals surface area contributed by atoms with Crippen molar-refractivity contribution in [3.63, 3.8) is 0 Å². The molecule has 0 unspecified atom stereocenters. The number of urea groups is 1. The van der Waals surface area contributed by atoms with Gasteiger partial charge in [-0.15, -0.1) is 0 Å². The number of rotatable bonds is 4. The van der Waals surface area contributed by atoms with Crippen LogP contribution in [-0.2, 0) is 4.84 Å². The van der Waals surface area contributed by atoms with Crippen molar-refractivity contribution in [2.45, 2.75) is 0 Å². The highest BCUT2D eigenvalue weighted by Crippen LogP contribution is 2.15. The minimum absolute atomic E-state index is 0.330. The molecule has 2 rings (SSSR count). The number of carbonyl (C=O) groups is 1. The molecule has 0 fully saturated rings. The van der Waals surface area contributed by atoms with Crippen LogP contribution in [0.15, 0.2) is 65.7 Å². The van der Waals surface area contributed by atoms with E-state index in [4.69, 9.17) is 4.84 Å². The Morgan fingerprint density at radius 3 is 2.19 bits per heavy atom. The number of carbonyl (C=O) groups excluding carboxylic acids is 1. The third-order valence-electron chi connectivity index (χ3n) is 2.86. The van der Waals surface area contributed by atoms with Crippen LogP contribution in [0.2, 0.25) is 0 Å². The van der Waals surface area contributed by atoms with Crippen molar-refractivity contribution < 1.29 is 9.63 Å². The summed E-state index contributed by atoms with van der Waals surface area (Å²) in [5.74, 6) is 0. The molecule has 0 saturated heterocycles. The smallest absolute Gasteiger partial charge is 0.273 e. The summed E-state index contributed by atoms with van der Waals surface area (Å²) in [6.07, 6.45) is 1.49. The standard InChI is InChI=1S/C16H17N3O2/c1-18(21-2)16(20)19(15-11-7-4-8-12-15)13-17-14-9-5-3-6-10-14/h3-13H,1-2H3. The summed E-state index contributed by atoms with van der Waals surface area (Å²) in [4.78, 5) is 23.0. The summed E-state index contributed by atoms with van der Waals surface area (Å²) in [7, 11) is 2.99. The molecule has 21 heavy (non-hydrogen) atoms.